The highest BCUT2D eigenvalue weighted by molar-refractivity contribution is 5.98. The Bertz CT molecular complexity index is 843. The normalized spacial score (nSPS) is 11.7. The minimum Gasteiger partial charge on any atom is -0.541 e. The minimum atomic E-state index is -4.36. The Labute approximate surface area is 118 Å². The van der Waals surface area contributed by atoms with Gasteiger partial charge in [-0.25, -0.2) is 0 Å². The molecule has 0 saturated heterocycles. The molecule has 0 unspecified atom stereocenters. The van der Waals surface area contributed by atoms with Crippen LogP contribution in [0.5, 0.6) is 5.75 Å². The molecule has 0 fully saturated rings. The van der Waals surface area contributed by atoms with Gasteiger partial charge in [-0.15, -0.1) is 0 Å². The van der Waals surface area contributed by atoms with Crippen LogP contribution in [0.25, 0.3) is 21.5 Å². The molecule has 3 aromatic carbocycles. The Balaban J connectivity index is 2.07. The van der Waals surface area contributed by atoms with Crippen molar-refractivity contribution >= 4 is 27.5 Å². The molecule has 0 spiro atoms. The van der Waals surface area contributed by atoms with Crippen LogP contribution in [0.1, 0.15) is 0 Å². The molecule has 0 heterocycles. The van der Waals surface area contributed by atoms with E-state index in [2.05, 4.69) is 4.74 Å². The number of ether oxygens (including phenoxy) is 1. The molecule has 5 heteroatoms. The highest BCUT2D eigenvalue weighted by Crippen LogP contribution is 2.28. The Morgan fingerprint density at radius 3 is 2.10 bits per heavy atom. The third-order valence-electron chi connectivity index (χ3n) is 3.16. The molecule has 0 radical (unpaired) electrons. The van der Waals surface area contributed by atoms with Gasteiger partial charge >= 0.3 is 6.11 Å². The van der Waals surface area contributed by atoms with Crippen LogP contribution in [0.2, 0.25) is 0 Å². The van der Waals surface area contributed by atoms with E-state index in [-0.39, 0.29) is 5.75 Å². The van der Waals surface area contributed by atoms with Gasteiger partial charge < -0.3 is 14.6 Å². The van der Waals surface area contributed by atoms with Crippen molar-refractivity contribution in [3.63, 3.8) is 0 Å². The smallest absolute Gasteiger partial charge is 0.441 e. The molecule has 106 valence electrons. The van der Waals surface area contributed by atoms with Gasteiger partial charge in [0.25, 0.3) is 0 Å². The Hall–Kier alpha value is -2.69. The fourth-order valence-electron chi connectivity index (χ4n) is 2.17. The lowest BCUT2D eigenvalue weighted by molar-refractivity contribution is -0.350. The van der Waals surface area contributed by atoms with Crippen molar-refractivity contribution in [3.8, 4) is 5.75 Å². The molecule has 3 rings (SSSR count). The molecule has 0 bridgehead atoms. The number of fused-ring (bicyclic) bond motifs is 2. The second-order valence-corrected chi connectivity index (χ2v) is 4.61. The van der Waals surface area contributed by atoms with Gasteiger partial charge in [-0.2, -0.15) is 8.78 Å². The van der Waals surface area contributed by atoms with Crippen LogP contribution in [-0.2, 0) is 4.79 Å². The van der Waals surface area contributed by atoms with Crippen molar-refractivity contribution in [3.05, 3.63) is 54.6 Å². The zero-order valence-electron chi connectivity index (χ0n) is 10.7. The van der Waals surface area contributed by atoms with E-state index in [9.17, 15) is 18.7 Å². The van der Waals surface area contributed by atoms with Crippen molar-refractivity contribution in [1.29, 1.82) is 0 Å². The van der Waals surface area contributed by atoms with Gasteiger partial charge in [0.2, 0.25) is 0 Å². The SMILES string of the molecule is O=C([O-])C(F)(F)Oc1ccc2cc3ccccc3cc2c1. The summed E-state index contributed by atoms with van der Waals surface area (Å²) in [6, 6.07) is 15.7. The maximum Gasteiger partial charge on any atom is 0.441 e. The summed E-state index contributed by atoms with van der Waals surface area (Å²) in [6.45, 7) is 0. The molecule has 0 aliphatic rings. The van der Waals surface area contributed by atoms with Crippen LogP contribution in [0, 0.1) is 0 Å². The monoisotopic (exact) mass is 287 g/mol. The quantitative estimate of drug-likeness (QED) is 0.696. The molecule has 0 amide bonds. The van der Waals surface area contributed by atoms with Gasteiger partial charge in [0.05, 0.1) is 0 Å². The minimum absolute atomic E-state index is 0.230. The van der Waals surface area contributed by atoms with Crippen LogP contribution in [-0.4, -0.2) is 12.1 Å². The summed E-state index contributed by atoms with van der Waals surface area (Å²) in [7, 11) is 0. The molecule has 0 aromatic heterocycles. The van der Waals surface area contributed by atoms with Gasteiger partial charge in [0.15, 0.2) is 5.97 Å². The molecule has 3 nitrogen and oxygen atoms in total. The molecular formula is C16H9F2O3-. The largest absolute Gasteiger partial charge is 0.541 e. The third kappa shape index (κ3) is 2.50. The molecule has 0 saturated carbocycles. The number of aliphatic carboxylic acids is 1. The third-order valence-corrected chi connectivity index (χ3v) is 3.16. The van der Waals surface area contributed by atoms with E-state index in [0.717, 1.165) is 16.2 Å². The van der Waals surface area contributed by atoms with Gasteiger partial charge in [0.1, 0.15) is 5.75 Å². The number of carbonyl (C=O) groups is 1. The maximum atomic E-state index is 13.0. The Kier molecular flexibility index (Phi) is 2.97. The Morgan fingerprint density at radius 1 is 0.905 bits per heavy atom. The predicted molar refractivity (Wildman–Crippen MR) is 72.0 cm³/mol. The van der Waals surface area contributed by atoms with Gasteiger partial charge in [-0.1, -0.05) is 30.3 Å². The molecule has 0 N–H and O–H groups in total. The second-order valence-electron chi connectivity index (χ2n) is 4.61. The number of carboxylic acids is 1. The van der Waals surface area contributed by atoms with Crippen LogP contribution < -0.4 is 9.84 Å². The van der Waals surface area contributed by atoms with Crippen LogP contribution >= 0.6 is 0 Å². The van der Waals surface area contributed by atoms with Crippen molar-refractivity contribution < 1.29 is 23.4 Å². The molecule has 0 aliphatic carbocycles. The number of carbonyl (C=O) groups excluding carboxylic acids is 1. The lowest BCUT2D eigenvalue weighted by Gasteiger charge is -2.18. The molecule has 0 atom stereocenters. The van der Waals surface area contributed by atoms with Crippen LogP contribution in [0.3, 0.4) is 0 Å². The summed E-state index contributed by atoms with van der Waals surface area (Å²) < 4.78 is 30.2. The fourth-order valence-corrected chi connectivity index (χ4v) is 2.17. The number of hydrogen-bond acceptors (Lipinski definition) is 3. The first-order valence-electron chi connectivity index (χ1n) is 6.16. The summed E-state index contributed by atoms with van der Waals surface area (Å²) in [5.41, 5.74) is 0. The van der Waals surface area contributed by atoms with Crippen molar-refractivity contribution in [2.45, 2.75) is 6.11 Å². The molecule has 3 aromatic rings. The summed E-state index contributed by atoms with van der Waals surface area (Å²) >= 11 is 0. The summed E-state index contributed by atoms with van der Waals surface area (Å²) in [5, 5.41) is 13.8. The van der Waals surface area contributed by atoms with E-state index in [1.165, 1.54) is 12.1 Å². The first kappa shape index (κ1) is 13.3. The fraction of sp³-hybridized carbons (Fsp3) is 0.0625. The van der Waals surface area contributed by atoms with E-state index in [1.807, 2.05) is 36.4 Å². The number of rotatable bonds is 3. The number of alkyl halides is 2. The highest BCUT2D eigenvalue weighted by Gasteiger charge is 2.33. The molecular weight excluding hydrogens is 278 g/mol. The predicted octanol–water partition coefficient (Wildman–Crippen LogP) is 2.71. The second kappa shape index (κ2) is 4.70. The van der Waals surface area contributed by atoms with Crippen molar-refractivity contribution in [2.24, 2.45) is 0 Å². The lowest BCUT2D eigenvalue weighted by atomic mass is 10.0. The standard InChI is InChI=1S/C16H10F2O3/c17-16(18,15(19)20)21-14-6-5-12-7-10-3-1-2-4-11(10)8-13(12)9-14/h1-9H,(H,19,20)/p-1. The molecule has 0 aliphatic heterocycles. The lowest BCUT2D eigenvalue weighted by Crippen LogP contribution is -2.45. The highest BCUT2D eigenvalue weighted by atomic mass is 19.3. The number of hydrogen-bond donors (Lipinski definition) is 0. The average molecular weight is 287 g/mol. The van der Waals surface area contributed by atoms with Crippen LogP contribution in [0.4, 0.5) is 8.78 Å². The summed E-state index contributed by atoms with van der Waals surface area (Å²) in [5.74, 6) is -2.80. The maximum absolute atomic E-state index is 13.0. The molecule has 21 heavy (non-hydrogen) atoms. The van der Waals surface area contributed by atoms with Crippen molar-refractivity contribution in [2.75, 3.05) is 0 Å². The van der Waals surface area contributed by atoms with E-state index in [4.69, 9.17) is 0 Å². The van der Waals surface area contributed by atoms with Crippen molar-refractivity contribution in [1.82, 2.24) is 0 Å². The van der Waals surface area contributed by atoms with E-state index in [0.29, 0.717) is 5.39 Å². The zero-order chi connectivity index (χ0) is 15.0. The van der Waals surface area contributed by atoms with E-state index < -0.39 is 12.1 Å². The number of halogens is 2. The first-order chi connectivity index (χ1) is 9.95. The topological polar surface area (TPSA) is 49.4 Å². The van der Waals surface area contributed by atoms with E-state index in [1.54, 1.807) is 6.07 Å². The van der Waals surface area contributed by atoms with Crippen LogP contribution in [0.15, 0.2) is 54.6 Å². The Morgan fingerprint density at radius 2 is 1.48 bits per heavy atom. The first-order valence-corrected chi connectivity index (χ1v) is 6.16. The zero-order valence-corrected chi connectivity index (χ0v) is 10.7. The number of benzene rings is 3. The van der Waals surface area contributed by atoms with Gasteiger partial charge in [-0.3, -0.25) is 0 Å². The summed E-state index contributed by atoms with van der Waals surface area (Å²) in [4.78, 5) is 10.3. The number of carboxylic acid groups (broad SMARTS) is 1. The van der Waals surface area contributed by atoms with Gasteiger partial charge in [0, 0.05) is 0 Å². The van der Waals surface area contributed by atoms with Gasteiger partial charge in [-0.05, 0) is 45.8 Å². The van der Waals surface area contributed by atoms with E-state index >= 15 is 0 Å². The summed E-state index contributed by atoms with van der Waals surface area (Å²) in [6.07, 6.45) is -4.36. The average Bonchev–Trinajstić information content (AvgIpc) is 2.44.